The number of hydrogen-bond donors (Lipinski definition) is 2. The smallest absolute Gasteiger partial charge is 0.317 e. The summed E-state index contributed by atoms with van der Waals surface area (Å²) in [5.74, 6) is 0.195. The average Bonchev–Trinajstić information content (AvgIpc) is 2.93. The first-order valence-corrected chi connectivity index (χ1v) is 7.58. The van der Waals surface area contributed by atoms with Crippen LogP contribution in [0.3, 0.4) is 0 Å². The molecule has 1 aliphatic rings. The topological polar surface area (TPSA) is 83.3 Å². The first-order chi connectivity index (χ1) is 10.1. The van der Waals surface area contributed by atoms with E-state index in [2.05, 4.69) is 15.4 Å². The van der Waals surface area contributed by atoms with Crippen molar-refractivity contribution >= 4 is 6.03 Å². The molecule has 1 saturated carbocycles. The molecule has 118 valence electrons. The lowest BCUT2D eigenvalue weighted by molar-refractivity contribution is 0.0563. The Morgan fingerprint density at radius 1 is 1.52 bits per heavy atom. The van der Waals surface area contributed by atoms with Crippen molar-refractivity contribution in [3.63, 3.8) is 0 Å². The second-order valence-electron chi connectivity index (χ2n) is 5.96. The zero-order valence-corrected chi connectivity index (χ0v) is 12.8. The molecule has 1 heterocycles. The first kappa shape index (κ1) is 15.8. The summed E-state index contributed by atoms with van der Waals surface area (Å²) in [5, 5.41) is 16.9. The fraction of sp³-hybridized carbons (Fsp3) is 0.786. The van der Waals surface area contributed by atoms with E-state index in [0.29, 0.717) is 13.1 Å². The van der Waals surface area contributed by atoms with Crippen molar-refractivity contribution in [2.24, 2.45) is 5.92 Å². The Labute approximate surface area is 125 Å². The van der Waals surface area contributed by atoms with Crippen molar-refractivity contribution in [2.45, 2.75) is 51.3 Å². The lowest BCUT2D eigenvalue weighted by Crippen LogP contribution is -2.46. The zero-order chi connectivity index (χ0) is 15.2. The summed E-state index contributed by atoms with van der Waals surface area (Å²) in [6, 6.07) is -0.140. The predicted molar refractivity (Wildman–Crippen MR) is 78.6 cm³/mol. The summed E-state index contributed by atoms with van der Waals surface area (Å²) in [4.78, 5) is 17.7. The maximum Gasteiger partial charge on any atom is 0.317 e. The van der Waals surface area contributed by atoms with Gasteiger partial charge in [-0.15, -0.1) is 0 Å². The van der Waals surface area contributed by atoms with Crippen LogP contribution in [-0.2, 0) is 6.54 Å². The molecule has 0 spiro atoms. The molecule has 7 heteroatoms. The van der Waals surface area contributed by atoms with Gasteiger partial charge in [-0.1, -0.05) is 12.8 Å². The lowest BCUT2D eigenvalue weighted by Gasteiger charge is -2.31. The van der Waals surface area contributed by atoms with Crippen LogP contribution in [0.4, 0.5) is 4.79 Å². The highest BCUT2D eigenvalue weighted by Gasteiger charge is 2.25. The van der Waals surface area contributed by atoms with Crippen molar-refractivity contribution in [3.05, 3.63) is 12.7 Å². The molecular formula is C14H25N5O2. The molecule has 1 aromatic rings. The van der Waals surface area contributed by atoms with Gasteiger partial charge in [0.05, 0.1) is 12.6 Å². The maximum atomic E-state index is 12.2. The highest BCUT2D eigenvalue weighted by Crippen LogP contribution is 2.24. The third-order valence-electron chi connectivity index (χ3n) is 4.02. The van der Waals surface area contributed by atoms with Gasteiger partial charge in [-0.05, 0) is 19.8 Å². The van der Waals surface area contributed by atoms with Gasteiger partial charge in [0.1, 0.15) is 12.7 Å². The molecule has 0 unspecified atom stereocenters. The van der Waals surface area contributed by atoms with Gasteiger partial charge in [0.25, 0.3) is 0 Å². The maximum absolute atomic E-state index is 12.2. The molecule has 1 aliphatic carbocycles. The number of aliphatic hydroxyl groups is 1. The number of amides is 2. The van der Waals surface area contributed by atoms with Gasteiger partial charge in [0.2, 0.25) is 0 Å². The number of aliphatic hydroxyl groups excluding tert-OH is 1. The van der Waals surface area contributed by atoms with E-state index in [1.807, 2.05) is 6.92 Å². The second kappa shape index (κ2) is 7.40. The summed E-state index contributed by atoms with van der Waals surface area (Å²) in [7, 11) is 1.78. The highest BCUT2D eigenvalue weighted by molar-refractivity contribution is 5.74. The van der Waals surface area contributed by atoms with E-state index >= 15 is 0 Å². The van der Waals surface area contributed by atoms with E-state index in [1.54, 1.807) is 23.0 Å². The molecule has 0 saturated heterocycles. The molecule has 1 fully saturated rings. The number of carbonyl (C=O) groups is 1. The highest BCUT2D eigenvalue weighted by atomic mass is 16.3. The van der Waals surface area contributed by atoms with E-state index in [-0.39, 0.29) is 24.1 Å². The quantitative estimate of drug-likeness (QED) is 0.844. The van der Waals surface area contributed by atoms with Gasteiger partial charge < -0.3 is 15.3 Å². The van der Waals surface area contributed by atoms with Crippen molar-refractivity contribution in [1.82, 2.24) is 25.0 Å². The third-order valence-corrected chi connectivity index (χ3v) is 4.02. The van der Waals surface area contributed by atoms with Gasteiger partial charge in [0.15, 0.2) is 0 Å². The number of nitrogens with one attached hydrogen (secondary N) is 1. The monoisotopic (exact) mass is 295 g/mol. The normalized spacial score (nSPS) is 23.6. The molecule has 21 heavy (non-hydrogen) atoms. The number of aromatic nitrogens is 3. The van der Waals surface area contributed by atoms with Crippen molar-refractivity contribution in [2.75, 3.05) is 13.6 Å². The van der Waals surface area contributed by atoms with Crippen LogP contribution in [0.1, 0.15) is 32.6 Å². The molecule has 0 bridgehead atoms. The molecule has 2 N–H and O–H groups in total. The van der Waals surface area contributed by atoms with Gasteiger partial charge >= 0.3 is 6.03 Å². The van der Waals surface area contributed by atoms with Crippen LogP contribution >= 0.6 is 0 Å². The number of rotatable bonds is 5. The Bertz CT molecular complexity index is 437. The van der Waals surface area contributed by atoms with Crippen LogP contribution in [0.2, 0.25) is 0 Å². The first-order valence-electron chi connectivity index (χ1n) is 7.58. The molecular weight excluding hydrogens is 270 g/mol. The molecule has 2 amide bonds. The molecule has 1 aromatic heterocycles. The summed E-state index contributed by atoms with van der Waals surface area (Å²) < 4.78 is 1.69. The fourth-order valence-electron chi connectivity index (χ4n) is 2.81. The Balaban J connectivity index is 1.76. The lowest BCUT2D eigenvalue weighted by atomic mass is 9.86. The molecule has 2 rings (SSSR count). The molecule has 3 atom stereocenters. The fourth-order valence-corrected chi connectivity index (χ4v) is 2.81. The summed E-state index contributed by atoms with van der Waals surface area (Å²) in [5.41, 5.74) is 0. The van der Waals surface area contributed by atoms with Crippen molar-refractivity contribution in [3.8, 4) is 0 Å². The van der Waals surface area contributed by atoms with Crippen molar-refractivity contribution in [1.29, 1.82) is 0 Å². The van der Waals surface area contributed by atoms with Crippen LogP contribution in [-0.4, -0.2) is 56.5 Å². The van der Waals surface area contributed by atoms with Gasteiger partial charge in [-0.25, -0.2) is 9.78 Å². The van der Waals surface area contributed by atoms with E-state index in [9.17, 15) is 9.90 Å². The van der Waals surface area contributed by atoms with E-state index in [1.165, 1.54) is 6.33 Å². The number of carbonyl (C=O) groups excluding carboxylic acids is 1. The predicted octanol–water partition coefficient (Wildman–Crippen LogP) is 0.859. The van der Waals surface area contributed by atoms with Crippen LogP contribution in [0.15, 0.2) is 12.7 Å². The van der Waals surface area contributed by atoms with E-state index in [0.717, 1.165) is 25.7 Å². The van der Waals surface area contributed by atoms with Crippen LogP contribution in [0.5, 0.6) is 0 Å². The zero-order valence-electron chi connectivity index (χ0n) is 12.8. The minimum Gasteiger partial charge on any atom is -0.393 e. The minimum absolute atomic E-state index is 0.0297. The van der Waals surface area contributed by atoms with Gasteiger partial charge in [-0.2, -0.15) is 5.10 Å². The second-order valence-corrected chi connectivity index (χ2v) is 5.96. The summed E-state index contributed by atoms with van der Waals surface area (Å²) >= 11 is 0. The Morgan fingerprint density at radius 2 is 2.29 bits per heavy atom. The van der Waals surface area contributed by atoms with Crippen LogP contribution < -0.4 is 5.32 Å². The molecule has 7 nitrogen and oxygen atoms in total. The number of nitrogens with zero attached hydrogens (tertiary/aromatic N) is 4. The van der Waals surface area contributed by atoms with Gasteiger partial charge in [-0.3, -0.25) is 4.68 Å². The van der Waals surface area contributed by atoms with Crippen LogP contribution in [0.25, 0.3) is 0 Å². The summed E-state index contributed by atoms with van der Waals surface area (Å²) in [6.07, 6.45) is 6.90. The Kier molecular flexibility index (Phi) is 5.55. The van der Waals surface area contributed by atoms with Crippen molar-refractivity contribution < 1.29 is 9.90 Å². The third kappa shape index (κ3) is 4.70. The summed E-state index contributed by atoms with van der Waals surface area (Å²) in [6.45, 7) is 3.12. The SMILES string of the molecule is C[C@H](Cn1cncn1)NC(=O)N(C)C[C@@H]1CCCC[C@H]1O. The van der Waals surface area contributed by atoms with E-state index in [4.69, 9.17) is 0 Å². The van der Waals surface area contributed by atoms with E-state index < -0.39 is 0 Å². The van der Waals surface area contributed by atoms with Gasteiger partial charge in [0, 0.05) is 25.6 Å². The molecule has 0 aromatic carbocycles. The molecule has 0 radical (unpaired) electrons. The number of hydrogen-bond acceptors (Lipinski definition) is 4. The average molecular weight is 295 g/mol. The molecule has 0 aliphatic heterocycles. The van der Waals surface area contributed by atoms with Crippen LogP contribution in [0, 0.1) is 5.92 Å². The standard InChI is InChI=1S/C14H25N5O2/c1-11(7-19-10-15-9-16-19)17-14(21)18(2)8-12-5-3-4-6-13(12)20/h9-13,20H,3-8H2,1-2H3,(H,17,21)/t11-,12+,13-/m1/s1. The Hall–Kier alpha value is -1.63. The Morgan fingerprint density at radius 3 is 2.95 bits per heavy atom. The minimum atomic E-state index is -0.276. The number of urea groups is 1. The largest absolute Gasteiger partial charge is 0.393 e.